The first kappa shape index (κ1) is 13.1. The Balaban J connectivity index is 1.68. The van der Waals surface area contributed by atoms with Gasteiger partial charge in [-0.1, -0.05) is 12.1 Å². The number of carbonyl (C=O) groups is 1. The van der Waals surface area contributed by atoms with Crippen molar-refractivity contribution in [2.75, 3.05) is 11.9 Å². The minimum Gasteiger partial charge on any atom is -0.479 e. The number of benzene rings is 1. The molecule has 0 fully saturated rings. The predicted octanol–water partition coefficient (Wildman–Crippen LogP) is 2.83. The molecule has 0 saturated heterocycles. The van der Waals surface area contributed by atoms with Crippen LogP contribution in [0, 0.1) is 0 Å². The van der Waals surface area contributed by atoms with Gasteiger partial charge in [-0.3, -0.25) is 9.78 Å². The molecule has 0 bridgehead atoms. The van der Waals surface area contributed by atoms with E-state index >= 15 is 0 Å². The summed E-state index contributed by atoms with van der Waals surface area (Å²) in [6.45, 7) is 0.492. The summed E-state index contributed by atoms with van der Waals surface area (Å²) < 4.78 is 6.64. The molecule has 0 amide bonds. The highest BCUT2D eigenvalue weighted by molar-refractivity contribution is 9.10. The lowest BCUT2D eigenvalue weighted by atomic mass is 10.1. The Labute approximate surface area is 125 Å². The van der Waals surface area contributed by atoms with Gasteiger partial charge in [0.05, 0.1) is 18.7 Å². The van der Waals surface area contributed by atoms with Crippen LogP contribution in [0.25, 0.3) is 0 Å². The van der Waals surface area contributed by atoms with Crippen molar-refractivity contribution >= 4 is 27.4 Å². The molecule has 0 saturated carbocycles. The van der Waals surface area contributed by atoms with Gasteiger partial charge >= 0.3 is 0 Å². The summed E-state index contributed by atoms with van der Waals surface area (Å²) in [6.07, 6.45) is 1.51. The number of rotatable bonds is 3. The van der Waals surface area contributed by atoms with Crippen molar-refractivity contribution in [1.82, 2.24) is 4.98 Å². The molecule has 1 aliphatic heterocycles. The zero-order valence-corrected chi connectivity index (χ0v) is 12.3. The molecule has 5 heteroatoms. The molecule has 20 heavy (non-hydrogen) atoms. The minimum absolute atomic E-state index is 0.0295. The fourth-order valence-electron chi connectivity index (χ4n) is 2.10. The summed E-state index contributed by atoms with van der Waals surface area (Å²) >= 11 is 3.32. The van der Waals surface area contributed by atoms with E-state index in [1.807, 2.05) is 36.4 Å². The number of Topliss-reactive ketones (excluding diaryl/α,β-unsaturated/α-hetero) is 1. The average Bonchev–Trinajstić information content (AvgIpc) is 2.49. The Kier molecular flexibility index (Phi) is 3.69. The van der Waals surface area contributed by atoms with Gasteiger partial charge < -0.3 is 10.1 Å². The van der Waals surface area contributed by atoms with Crippen LogP contribution >= 0.6 is 15.9 Å². The van der Waals surface area contributed by atoms with Crippen LogP contribution in [0.15, 0.2) is 47.1 Å². The topological polar surface area (TPSA) is 51.2 Å². The number of hydrogen-bond acceptors (Lipinski definition) is 4. The maximum atomic E-state index is 12.2. The summed E-state index contributed by atoms with van der Waals surface area (Å²) in [5.74, 6) is 0.752. The van der Waals surface area contributed by atoms with E-state index in [0.29, 0.717) is 6.54 Å². The molecule has 102 valence electrons. The first-order chi connectivity index (χ1) is 9.72. The van der Waals surface area contributed by atoms with Crippen LogP contribution in [0.3, 0.4) is 0 Å². The molecule has 4 nitrogen and oxygen atoms in total. The van der Waals surface area contributed by atoms with E-state index < -0.39 is 6.10 Å². The molecular weight excluding hydrogens is 320 g/mol. The lowest BCUT2D eigenvalue weighted by Crippen LogP contribution is -2.38. The zero-order valence-electron chi connectivity index (χ0n) is 10.7. The lowest BCUT2D eigenvalue weighted by Gasteiger charge is -2.26. The molecule has 2 aromatic rings. The number of para-hydroxylation sites is 2. The summed E-state index contributed by atoms with van der Waals surface area (Å²) in [5, 5.41) is 3.21. The lowest BCUT2D eigenvalue weighted by molar-refractivity contribution is -0.124. The Bertz CT molecular complexity index is 628. The van der Waals surface area contributed by atoms with E-state index in [1.165, 1.54) is 0 Å². The second kappa shape index (κ2) is 5.63. The van der Waals surface area contributed by atoms with Gasteiger partial charge in [-0.05, 0) is 40.2 Å². The SMILES string of the molecule is O=C(Cc1ccc(Br)cn1)C1CNc2ccccc2O1. The maximum Gasteiger partial charge on any atom is 0.181 e. The summed E-state index contributed by atoms with van der Waals surface area (Å²) in [5.41, 5.74) is 1.68. The van der Waals surface area contributed by atoms with Gasteiger partial charge in [0.25, 0.3) is 0 Å². The second-order valence-corrected chi connectivity index (χ2v) is 5.51. The molecule has 0 aliphatic carbocycles. The monoisotopic (exact) mass is 332 g/mol. The molecular formula is C15H13BrN2O2. The van der Waals surface area contributed by atoms with E-state index in [1.54, 1.807) is 6.20 Å². The number of hydrogen-bond donors (Lipinski definition) is 1. The molecule has 1 aromatic heterocycles. The number of carbonyl (C=O) groups excluding carboxylic acids is 1. The summed E-state index contributed by atoms with van der Waals surface area (Å²) in [7, 11) is 0. The van der Waals surface area contributed by atoms with Crippen molar-refractivity contribution in [2.45, 2.75) is 12.5 Å². The third-order valence-corrected chi connectivity index (χ3v) is 3.61. The van der Waals surface area contributed by atoms with Crippen LogP contribution in [-0.4, -0.2) is 23.4 Å². The number of fused-ring (bicyclic) bond motifs is 1. The van der Waals surface area contributed by atoms with Gasteiger partial charge in [-0.2, -0.15) is 0 Å². The predicted molar refractivity (Wildman–Crippen MR) is 80.0 cm³/mol. The maximum absolute atomic E-state index is 12.2. The first-order valence-electron chi connectivity index (χ1n) is 6.35. The number of halogens is 1. The highest BCUT2D eigenvalue weighted by Gasteiger charge is 2.25. The zero-order chi connectivity index (χ0) is 13.9. The molecule has 1 unspecified atom stereocenters. The van der Waals surface area contributed by atoms with Gasteiger partial charge in [0.2, 0.25) is 0 Å². The van der Waals surface area contributed by atoms with Gasteiger partial charge in [-0.25, -0.2) is 0 Å². The van der Waals surface area contributed by atoms with Crippen molar-refractivity contribution in [1.29, 1.82) is 0 Å². The molecule has 3 rings (SSSR count). The van der Waals surface area contributed by atoms with Crippen LogP contribution < -0.4 is 10.1 Å². The Morgan fingerprint density at radius 2 is 2.20 bits per heavy atom. The Morgan fingerprint density at radius 3 is 3.00 bits per heavy atom. The quantitative estimate of drug-likeness (QED) is 0.938. The van der Waals surface area contributed by atoms with E-state index in [9.17, 15) is 4.79 Å². The number of anilines is 1. The third-order valence-electron chi connectivity index (χ3n) is 3.14. The van der Waals surface area contributed by atoms with Crippen LogP contribution in [0.5, 0.6) is 5.75 Å². The van der Waals surface area contributed by atoms with E-state index in [2.05, 4.69) is 26.2 Å². The highest BCUT2D eigenvalue weighted by Crippen LogP contribution is 2.28. The van der Waals surface area contributed by atoms with E-state index in [4.69, 9.17) is 4.74 Å². The van der Waals surface area contributed by atoms with Crippen LogP contribution in [-0.2, 0) is 11.2 Å². The Hall–Kier alpha value is -1.88. The van der Waals surface area contributed by atoms with Crippen molar-refractivity contribution in [3.8, 4) is 5.75 Å². The van der Waals surface area contributed by atoms with Crippen molar-refractivity contribution in [3.05, 3.63) is 52.8 Å². The standard InChI is InChI=1S/C15H13BrN2O2/c16-10-5-6-11(17-8-10)7-13(19)15-9-18-12-3-1-2-4-14(12)20-15/h1-6,8,15,18H,7,9H2. The summed E-state index contributed by atoms with van der Waals surface area (Å²) in [4.78, 5) is 16.5. The van der Waals surface area contributed by atoms with Crippen molar-refractivity contribution < 1.29 is 9.53 Å². The van der Waals surface area contributed by atoms with E-state index in [0.717, 1.165) is 21.6 Å². The van der Waals surface area contributed by atoms with Crippen LogP contribution in [0.2, 0.25) is 0 Å². The minimum atomic E-state index is -0.463. The fourth-order valence-corrected chi connectivity index (χ4v) is 2.33. The largest absolute Gasteiger partial charge is 0.479 e. The number of nitrogens with zero attached hydrogens (tertiary/aromatic N) is 1. The molecule has 0 spiro atoms. The average molecular weight is 333 g/mol. The number of nitrogens with one attached hydrogen (secondary N) is 1. The fraction of sp³-hybridized carbons (Fsp3) is 0.200. The number of aromatic nitrogens is 1. The molecule has 1 aliphatic rings. The molecule has 1 N–H and O–H groups in total. The molecule has 1 aromatic carbocycles. The number of ketones is 1. The summed E-state index contributed by atoms with van der Waals surface area (Å²) in [6, 6.07) is 11.3. The third kappa shape index (κ3) is 2.82. The highest BCUT2D eigenvalue weighted by atomic mass is 79.9. The molecule has 0 radical (unpaired) electrons. The number of ether oxygens (including phenoxy) is 1. The normalized spacial score (nSPS) is 16.8. The smallest absolute Gasteiger partial charge is 0.181 e. The van der Waals surface area contributed by atoms with Gasteiger partial charge in [0, 0.05) is 16.4 Å². The van der Waals surface area contributed by atoms with Crippen molar-refractivity contribution in [3.63, 3.8) is 0 Å². The Morgan fingerprint density at radius 1 is 1.35 bits per heavy atom. The van der Waals surface area contributed by atoms with Crippen LogP contribution in [0.1, 0.15) is 5.69 Å². The number of pyridine rings is 1. The first-order valence-corrected chi connectivity index (χ1v) is 7.14. The van der Waals surface area contributed by atoms with Gasteiger partial charge in [-0.15, -0.1) is 0 Å². The van der Waals surface area contributed by atoms with E-state index in [-0.39, 0.29) is 12.2 Å². The van der Waals surface area contributed by atoms with Gasteiger partial charge in [0.15, 0.2) is 11.9 Å². The van der Waals surface area contributed by atoms with Gasteiger partial charge in [0.1, 0.15) is 5.75 Å². The molecule has 1 atom stereocenters. The van der Waals surface area contributed by atoms with Crippen LogP contribution in [0.4, 0.5) is 5.69 Å². The second-order valence-electron chi connectivity index (χ2n) is 4.59. The van der Waals surface area contributed by atoms with Crippen molar-refractivity contribution in [2.24, 2.45) is 0 Å². The molecule has 2 heterocycles.